The topological polar surface area (TPSA) is 144 Å². The van der Waals surface area contributed by atoms with Gasteiger partial charge in [-0.2, -0.15) is 10.4 Å². The van der Waals surface area contributed by atoms with Crippen molar-refractivity contribution in [2.45, 2.75) is 44.2 Å². The van der Waals surface area contributed by atoms with Crippen molar-refractivity contribution in [3.8, 4) is 39.4 Å². The predicted octanol–water partition coefficient (Wildman–Crippen LogP) is 6.07. The maximum Gasteiger partial charge on any atom is 0.261 e. The summed E-state index contributed by atoms with van der Waals surface area (Å²) in [6.45, 7) is 1.87. The molecule has 2 aliphatic rings. The maximum absolute atomic E-state index is 15.7. The van der Waals surface area contributed by atoms with Crippen LogP contribution in [-0.4, -0.2) is 38.3 Å². The van der Waals surface area contributed by atoms with E-state index < -0.39 is 23.0 Å². The molecule has 10 nitrogen and oxygen atoms in total. The number of nitrogen functional groups attached to an aromatic ring is 1. The largest absolute Gasteiger partial charge is 0.383 e. The van der Waals surface area contributed by atoms with Gasteiger partial charge in [-0.3, -0.25) is 14.3 Å². The van der Waals surface area contributed by atoms with Crippen LogP contribution in [0.25, 0.3) is 33.4 Å². The van der Waals surface area contributed by atoms with Crippen molar-refractivity contribution < 1.29 is 13.6 Å². The molecule has 1 saturated heterocycles. The summed E-state index contributed by atoms with van der Waals surface area (Å²) in [5, 5.41) is 20.6. The van der Waals surface area contributed by atoms with Gasteiger partial charge in [-0.25, -0.2) is 13.8 Å². The molecule has 48 heavy (non-hydrogen) atoms. The molecular weight excluding hydrogens is 614 g/mol. The van der Waals surface area contributed by atoms with E-state index in [1.165, 1.54) is 42.6 Å². The second-order valence-electron chi connectivity index (χ2n) is 12.2. The minimum Gasteiger partial charge on any atom is -0.383 e. The van der Waals surface area contributed by atoms with Crippen molar-refractivity contribution in [1.29, 1.82) is 5.26 Å². The zero-order valence-corrected chi connectivity index (χ0v) is 25.9. The Morgan fingerprint density at radius 1 is 0.938 bits per heavy atom. The molecule has 0 spiro atoms. The number of nitrogens with zero attached hydrogens (tertiary/aromatic N) is 5. The molecule has 3 aromatic heterocycles. The quantitative estimate of drug-likeness (QED) is 0.195. The van der Waals surface area contributed by atoms with Gasteiger partial charge in [0, 0.05) is 52.6 Å². The number of halogens is 2. The van der Waals surface area contributed by atoms with Gasteiger partial charge in [0.1, 0.15) is 34.8 Å². The van der Waals surface area contributed by atoms with E-state index in [1.54, 1.807) is 23.0 Å². The van der Waals surface area contributed by atoms with E-state index in [9.17, 15) is 19.2 Å². The highest BCUT2D eigenvalue weighted by Crippen LogP contribution is 2.36. The predicted molar refractivity (Wildman–Crippen MR) is 178 cm³/mol. The number of hydrogen-bond donors (Lipinski definition) is 3. The zero-order chi connectivity index (χ0) is 33.4. The van der Waals surface area contributed by atoms with Crippen molar-refractivity contribution in [3.63, 3.8) is 0 Å². The van der Waals surface area contributed by atoms with Crippen LogP contribution in [0.3, 0.4) is 0 Å². The summed E-state index contributed by atoms with van der Waals surface area (Å²) in [4.78, 5) is 31.6. The molecule has 4 heterocycles. The average Bonchev–Trinajstić information content (AvgIpc) is 3.56. The second-order valence-corrected chi connectivity index (χ2v) is 12.2. The van der Waals surface area contributed by atoms with E-state index in [2.05, 4.69) is 26.8 Å². The molecule has 1 saturated carbocycles. The molecule has 0 radical (unpaired) electrons. The fourth-order valence-corrected chi connectivity index (χ4v) is 6.36. The number of aromatic nitrogens is 4. The molecule has 4 N–H and O–H groups in total. The Kier molecular flexibility index (Phi) is 8.29. The van der Waals surface area contributed by atoms with E-state index in [0.717, 1.165) is 62.4 Å². The van der Waals surface area contributed by atoms with E-state index in [-0.39, 0.29) is 39.9 Å². The van der Waals surface area contributed by atoms with Gasteiger partial charge in [0.05, 0.1) is 17.8 Å². The minimum absolute atomic E-state index is 0.0164. The molecule has 1 aliphatic heterocycles. The van der Waals surface area contributed by atoms with Crippen molar-refractivity contribution in [1.82, 2.24) is 24.6 Å². The second kappa shape index (κ2) is 12.8. The number of amides is 1. The number of nitrogens with two attached hydrogens (primary N) is 1. The molecule has 0 unspecified atom stereocenters. The Morgan fingerprint density at radius 3 is 2.40 bits per heavy atom. The highest BCUT2D eigenvalue weighted by molar-refractivity contribution is 6.05. The van der Waals surface area contributed by atoms with Gasteiger partial charge in [-0.15, -0.1) is 0 Å². The minimum atomic E-state index is -0.762. The van der Waals surface area contributed by atoms with Crippen LogP contribution in [0.5, 0.6) is 0 Å². The number of carbonyl (C=O) groups excluding carboxylic acids is 1. The van der Waals surface area contributed by atoms with E-state index >= 15 is 4.39 Å². The van der Waals surface area contributed by atoms with Crippen molar-refractivity contribution in [3.05, 3.63) is 106 Å². The SMILES string of the molecule is N#Cc1c(-c2ccc(F)cc2)c(=O)c(C(=O)Nc2ccc(-c3cc(-c4cnn(C5CCNCC5)c4)cnc3N)c(F)c2)cn1C1CCC1. The monoisotopic (exact) mass is 646 g/mol. The number of hydrogen-bond acceptors (Lipinski definition) is 7. The smallest absolute Gasteiger partial charge is 0.261 e. The Hall–Kier alpha value is -5.67. The van der Waals surface area contributed by atoms with Crippen LogP contribution < -0.4 is 21.8 Å². The number of pyridine rings is 2. The van der Waals surface area contributed by atoms with Gasteiger partial charge in [0.15, 0.2) is 0 Å². The number of nitrogens with one attached hydrogen (secondary N) is 2. The van der Waals surface area contributed by atoms with Crippen LogP contribution in [0.4, 0.5) is 20.3 Å². The lowest BCUT2D eigenvalue weighted by Crippen LogP contribution is -2.29. The molecule has 2 aromatic carbocycles. The summed E-state index contributed by atoms with van der Waals surface area (Å²) in [7, 11) is 0. The molecule has 1 amide bonds. The van der Waals surface area contributed by atoms with Crippen LogP contribution in [0.15, 0.2) is 78.1 Å². The van der Waals surface area contributed by atoms with Gasteiger partial charge in [0.2, 0.25) is 5.43 Å². The number of carbonyl (C=O) groups is 1. The van der Waals surface area contributed by atoms with Gasteiger partial charge in [-0.05, 0) is 87.2 Å². The molecule has 7 rings (SSSR count). The Morgan fingerprint density at radius 2 is 1.71 bits per heavy atom. The molecule has 2 fully saturated rings. The first-order valence-corrected chi connectivity index (χ1v) is 15.9. The summed E-state index contributed by atoms with van der Waals surface area (Å²) < 4.78 is 33.0. The van der Waals surface area contributed by atoms with E-state index in [0.29, 0.717) is 17.2 Å². The Balaban J connectivity index is 1.18. The first-order chi connectivity index (χ1) is 23.3. The lowest BCUT2D eigenvalue weighted by Gasteiger charge is -2.30. The summed E-state index contributed by atoms with van der Waals surface area (Å²) >= 11 is 0. The number of piperidine rings is 1. The van der Waals surface area contributed by atoms with Crippen LogP contribution in [0.1, 0.15) is 60.2 Å². The lowest BCUT2D eigenvalue weighted by molar-refractivity contribution is 0.102. The first kappa shape index (κ1) is 31.0. The van der Waals surface area contributed by atoms with Gasteiger partial charge >= 0.3 is 0 Å². The lowest BCUT2D eigenvalue weighted by atomic mass is 9.91. The third-order valence-corrected chi connectivity index (χ3v) is 9.24. The number of rotatable bonds is 7. The first-order valence-electron chi connectivity index (χ1n) is 15.9. The molecule has 0 bridgehead atoms. The molecular formula is C36H32F2N8O2. The summed E-state index contributed by atoms with van der Waals surface area (Å²) in [5.74, 6) is -1.77. The highest BCUT2D eigenvalue weighted by Gasteiger charge is 2.28. The Labute approximate surface area is 274 Å². The van der Waals surface area contributed by atoms with Crippen LogP contribution in [0.2, 0.25) is 0 Å². The van der Waals surface area contributed by atoms with Gasteiger partial charge in [-0.1, -0.05) is 12.1 Å². The molecule has 5 aromatic rings. The summed E-state index contributed by atoms with van der Waals surface area (Å²) in [5.41, 5.74) is 8.01. The zero-order valence-electron chi connectivity index (χ0n) is 25.9. The number of nitriles is 1. The standard InChI is InChI=1S/C36H32F2N8O2/c37-24-6-4-21(5-7-24)33-32(16-39)45(26-2-1-3-26)20-30(34(33)47)36(48)44-25-8-9-28(31(38)15-25)29-14-22(17-42-35(29)40)23-18-43-46(19-23)27-10-12-41-13-11-27/h4-9,14-15,17-20,26-27,41H,1-3,10-13H2,(H2,40,42)(H,44,48). The fourth-order valence-electron chi connectivity index (χ4n) is 6.36. The van der Waals surface area contributed by atoms with Crippen molar-refractivity contribution in [2.24, 2.45) is 0 Å². The van der Waals surface area contributed by atoms with Gasteiger partial charge < -0.3 is 20.9 Å². The van der Waals surface area contributed by atoms with Crippen molar-refractivity contribution in [2.75, 3.05) is 24.1 Å². The summed E-state index contributed by atoms with van der Waals surface area (Å²) in [6.07, 6.45) is 11.2. The van der Waals surface area contributed by atoms with Crippen LogP contribution >= 0.6 is 0 Å². The molecule has 242 valence electrons. The van der Waals surface area contributed by atoms with Crippen LogP contribution in [-0.2, 0) is 0 Å². The highest BCUT2D eigenvalue weighted by atomic mass is 19.1. The van der Waals surface area contributed by atoms with E-state index in [4.69, 9.17) is 5.73 Å². The average molecular weight is 647 g/mol. The number of benzene rings is 2. The Bertz CT molecular complexity index is 2120. The third-order valence-electron chi connectivity index (χ3n) is 9.24. The number of anilines is 2. The maximum atomic E-state index is 15.7. The van der Waals surface area contributed by atoms with E-state index in [1.807, 2.05) is 10.9 Å². The van der Waals surface area contributed by atoms with Gasteiger partial charge in [0.25, 0.3) is 5.91 Å². The molecule has 0 atom stereocenters. The normalized spacial score (nSPS) is 15.1. The van der Waals surface area contributed by atoms with Crippen LogP contribution in [0, 0.1) is 23.0 Å². The molecule has 1 aliphatic carbocycles. The van der Waals surface area contributed by atoms with Crippen molar-refractivity contribution >= 4 is 17.4 Å². The summed E-state index contributed by atoms with van der Waals surface area (Å²) in [6, 6.07) is 13.5. The fraction of sp³-hybridized carbons (Fsp3) is 0.250. The molecule has 12 heteroatoms. The third kappa shape index (κ3) is 5.84.